The van der Waals surface area contributed by atoms with Gasteiger partial charge in [0.25, 0.3) is 0 Å². The lowest BCUT2D eigenvalue weighted by molar-refractivity contribution is 0.0870. The summed E-state index contributed by atoms with van der Waals surface area (Å²) in [6, 6.07) is 0.460. The van der Waals surface area contributed by atoms with E-state index in [0.717, 1.165) is 38.8 Å². The van der Waals surface area contributed by atoms with Gasteiger partial charge in [-0.05, 0) is 25.7 Å². The molecule has 2 aliphatic rings. The Bertz CT molecular complexity index is 233. The van der Waals surface area contributed by atoms with Crippen LogP contribution in [-0.2, 0) is 4.74 Å². The molecule has 0 radical (unpaired) electrons. The first kappa shape index (κ1) is 11.7. The Morgan fingerprint density at radius 1 is 1.31 bits per heavy atom. The second-order valence-corrected chi connectivity index (χ2v) is 4.95. The second kappa shape index (κ2) is 5.53. The van der Waals surface area contributed by atoms with Gasteiger partial charge >= 0.3 is 6.03 Å². The average molecular weight is 226 g/mol. The minimum Gasteiger partial charge on any atom is -0.376 e. The normalized spacial score (nSPS) is 25.9. The summed E-state index contributed by atoms with van der Waals surface area (Å²) >= 11 is 0. The smallest absolute Gasteiger partial charge is 0.317 e. The van der Waals surface area contributed by atoms with E-state index in [1.807, 2.05) is 7.05 Å². The number of rotatable bonds is 3. The van der Waals surface area contributed by atoms with Crippen molar-refractivity contribution in [1.29, 1.82) is 0 Å². The van der Waals surface area contributed by atoms with Crippen LogP contribution in [0.4, 0.5) is 4.79 Å². The molecular weight excluding hydrogens is 204 g/mol. The molecule has 2 rings (SSSR count). The van der Waals surface area contributed by atoms with Crippen LogP contribution in [-0.4, -0.2) is 43.3 Å². The van der Waals surface area contributed by atoms with Gasteiger partial charge < -0.3 is 15.0 Å². The van der Waals surface area contributed by atoms with Gasteiger partial charge in [0.05, 0.1) is 6.10 Å². The molecule has 1 N–H and O–H groups in total. The fraction of sp³-hybridized carbons (Fsp3) is 0.917. The molecule has 2 amide bonds. The highest BCUT2D eigenvalue weighted by Gasteiger charge is 2.22. The van der Waals surface area contributed by atoms with Crippen molar-refractivity contribution in [2.75, 3.05) is 20.2 Å². The number of carbonyl (C=O) groups is 1. The van der Waals surface area contributed by atoms with Crippen LogP contribution >= 0.6 is 0 Å². The van der Waals surface area contributed by atoms with Gasteiger partial charge in [-0.2, -0.15) is 0 Å². The van der Waals surface area contributed by atoms with Crippen molar-refractivity contribution < 1.29 is 9.53 Å². The molecule has 1 heterocycles. The van der Waals surface area contributed by atoms with E-state index in [0.29, 0.717) is 6.04 Å². The SMILES string of the molecule is CN(CC1CCCO1)C(=O)NC1CCCC1. The average Bonchev–Trinajstić information content (AvgIpc) is 2.90. The molecule has 4 nitrogen and oxygen atoms in total. The maximum absolute atomic E-state index is 11.8. The molecule has 1 aliphatic heterocycles. The van der Waals surface area contributed by atoms with E-state index < -0.39 is 0 Å². The molecule has 16 heavy (non-hydrogen) atoms. The van der Waals surface area contributed by atoms with Crippen molar-refractivity contribution in [3.63, 3.8) is 0 Å². The monoisotopic (exact) mass is 226 g/mol. The van der Waals surface area contributed by atoms with E-state index in [9.17, 15) is 4.79 Å². The lowest BCUT2D eigenvalue weighted by atomic mass is 10.2. The number of likely N-dealkylation sites (N-methyl/N-ethyl adjacent to an activating group) is 1. The maximum Gasteiger partial charge on any atom is 0.317 e. The van der Waals surface area contributed by atoms with Crippen molar-refractivity contribution in [2.45, 2.75) is 50.7 Å². The number of nitrogens with one attached hydrogen (secondary N) is 1. The Morgan fingerprint density at radius 2 is 2.06 bits per heavy atom. The summed E-state index contributed by atoms with van der Waals surface area (Å²) < 4.78 is 5.52. The molecule has 0 spiro atoms. The van der Waals surface area contributed by atoms with Crippen molar-refractivity contribution in [1.82, 2.24) is 10.2 Å². The molecule has 2 fully saturated rings. The van der Waals surface area contributed by atoms with Crippen LogP contribution in [0, 0.1) is 0 Å². The minimum atomic E-state index is 0.0578. The third-order valence-corrected chi connectivity index (χ3v) is 3.53. The van der Waals surface area contributed by atoms with Crippen molar-refractivity contribution >= 4 is 6.03 Å². The molecule has 1 saturated carbocycles. The highest BCUT2D eigenvalue weighted by Crippen LogP contribution is 2.18. The number of carbonyl (C=O) groups excluding carboxylic acids is 1. The first-order valence-corrected chi connectivity index (χ1v) is 6.39. The van der Waals surface area contributed by atoms with Gasteiger partial charge in [0.2, 0.25) is 0 Å². The van der Waals surface area contributed by atoms with Crippen LogP contribution in [0.3, 0.4) is 0 Å². The lowest BCUT2D eigenvalue weighted by Gasteiger charge is -2.23. The van der Waals surface area contributed by atoms with Crippen molar-refractivity contribution in [3.05, 3.63) is 0 Å². The van der Waals surface area contributed by atoms with Crippen LogP contribution in [0.2, 0.25) is 0 Å². The van der Waals surface area contributed by atoms with Gasteiger partial charge in [-0.25, -0.2) is 4.79 Å². The molecule has 1 saturated heterocycles. The number of amides is 2. The molecule has 1 atom stereocenters. The van der Waals surface area contributed by atoms with Crippen molar-refractivity contribution in [3.8, 4) is 0 Å². The zero-order chi connectivity index (χ0) is 11.4. The molecule has 0 aromatic heterocycles. The molecule has 0 bridgehead atoms. The number of ether oxygens (including phenoxy) is 1. The van der Waals surface area contributed by atoms with E-state index in [-0.39, 0.29) is 12.1 Å². The van der Waals surface area contributed by atoms with Gasteiger partial charge in [0.15, 0.2) is 0 Å². The predicted molar refractivity (Wildman–Crippen MR) is 62.4 cm³/mol. The summed E-state index contributed by atoms with van der Waals surface area (Å²) in [4.78, 5) is 13.6. The Labute approximate surface area is 97.3 Å². The number of nitrogens with zero attached hydrogens (tertiary/aromatic N) is 1. The summed E-state index contributed by atoms with van der Waals surface area (Å²) in [7, 11) is 1.85. The molecule has 0 aromatic carbocycles. The van der Waals surface area contributed by atoms with Gasteiger partial charge in [-0.1, -0.05) is 12.8 Å². The zero-order valence-electron chi connectivity index (χ0n) is 10.1. The molecule has 1 unspecified atom stereocenters. The van der Waals surface area contributed by atoms with Crippen LogP contribution in [0.5, 0.6) is 0 Å². The Hall–Kier alpha value is -0.770. The Kier molecular flexibility index (Phi) is 4.04. The molecule has 4 heteroatoms. The van der Waals surface area contributed by atoms with Gasteiger partial charge in [-0.3, -0.25) is 0 Å². The molecular formula is C12H22N2O2. The summed E-state index contributed by atoms with van der Waals surface area (Å²) in [5.74, 6) is 0. The molecule has 0 aromatic rings. The predicted octanol–water partition coefficient (Wildman–Crippen LogP) is 1.75. The second-order valence-electron chi connectivity index (χ2n) is 4.95. The van der Waals surface area contributed by atoms with Crippen LogP contribution in [0.1, 0.15) is 38.5 Å². The summed E-state index contributed by atoms with van der Waals surface area (Å²) in [6.45, 7) is 1.57. The van der Waals surface area contributed by atoms with Gasteiger partial charge in [0, 0.05) is 26.2 Å². The summed E-state index contributed by atoms with van der Waals surface area (Å²) in [5.41, 5.74) is 0. The molecule has 1 aliphatic carbocycles. The standard InChI is InChI=1S/C12H22N2O2/c1-14(9-11-7-4-8-16-11)12(15)13-10-5-2-3-6-10/h10-11H,2-9H2,1H3,(H,13,15). The summed E-state index contributed by atoms with van der Waals surface area (Å²) in [6.07, 6.45) is 7.24. The Balaban J connectivity index is 1.70. The van der Waals surface area contributed by atoms with E-state index in [2.05, 4.69) is 5.32 Å². The van der Waals surface area contributed by atoms with Gasteiger partial charge in [-0.15, -0.1) is 0 Å². The van der Waals surface area contributed by atoms with Crippen LogP contribution in [0.25, 0.3) is 0 Å². The van der Waals surface area contributed by atoms with E-state index >= 15 is 0 Å². The maximum atomic E-state index is 11.8. The first-order chi connectivity index (χ1) is 7.75. The molecule has 92 valence electrons. The highest BCUT2D eigenvalue weighted by molar-refractivity contribution is 5.74. The fourth-order valence-electron chi connectivity index (χ4n) is 2.53. The lowest BCUT2D eigenvalue weighted by Crippen LogP contribution is -2.44. The third-order valence-electron chi connectivity index (χ3n) is 3.53. The first-order valence-electron chi connectivity index (χ1n) is 6.39. The number of urea groups is 1. The topological polar surface area (TPSA) is 41.6 Å². The van der Waals surface area contributed by atoms with Crippen LogP contribution in [0.15, 0.2) is 0 Å². The van der Waals surface area contributed by atoms with Crippen molar-refractivity contribution in [2.24, 2.45) is 0 Å². The van der Waals surface area contributed by atoms with E-state index in [4.69, 9.17) is 4.74 Å². The van der Waals surface area contributed by atoms with Crippen LogP contribution < -0.4 is 5.32 Å². The number of hydrogen-bond donors (Lipinski definition) is 1. The fourth-order valence-corrected chi connectivity index (χ4v) is 2.53. The quantitative estimate of drug-likeness (QED) is 0.796. The third kappa shape index (κ3) is 3.11. The largest absolute Gasteiger partial charge is 0.376 e. The van der Waals surface area contributed by atoms with Gasteiger partial charge in [0.1, 0.15) is 0 Å². The Morgan fingerprint density at radius 3 is 2.69 bits per heavy atom. The minimum absolute atomic E-state index is 0.0578. The zero-order valence-corrected chi connectivity index (χ0v) is 10.1. The number of hydrogen-bond acceptors (Lipinski definition) is 2. The highest BCUT2D eigenvalue weighted by atomic mass is 16.5. The summed E-state index contributed by atoms with van der Waals surface area (Å²) in [5, 5.41) is 3.08. The van der Waals surface area contributed by atoms with E-state index in [1.165, 1.54) is 12.8 Å². The van der Waals surface area contributed by atoms with E-state index in [1.54, 1.807) is 4.90 Å².